The second kappa shape index (κ2) is 5.39. The van der Waals surface area contributed by atoms with Gasteiger partial charge >= 0.3 is 5.69 Å². The first kappa shape index (κ1) is 14.5. The van der Waals surface area contributed by atoms with Crippen LogP contribution in [0, 0.1) is 4.64 Å². The average molecular weight is 317 g/mol. The zero-order chi connectivity index (χ0) is 13.2. The van der Waals surface area contributed by atoms with Crippen molar-refractivity contribution < 1.29 is 4.79 Å². The van der Waals surface area contributed by atoms with Crippen LogP contribution < -0.4 is 11.4 Å². The fourth-order valence-electron chi connectivity index (χ4n) is 1.18. The van der Waals surface area contributed by atoms with Crippen LogP contribution in [-0.2, 0) is 17.8 Å². The second-order valence-corrected chi connectivity index (χ2v) is 6.22. The van der Waals surface area contributed by atoms with Crippen molar-refractivity contribution in [2.45, 2.75) is 16.8 Å². The van der Waals surface area contributed by atoms with Crippen LogP contribution in [0.3, 0.4) is 0 Å². The third-order valence-electron chi connectivity index (χ3n) is 1.78. The fourth-order valence-corrected chi connectivity index (χ4v) is 1.83. The summed E-state index contributed by atoms with van der Waals surface area (Å²) >= 11 is 21.7. The molecule has 1 aromatic rings. The van der Waals surface area contributed by atoms with Gasteiger partial charge in [-0.3, -0.25) is 9.36 Å². The Morgan fingerprint density at radius 3 is 2.53 bits per heavy atom. The molecule has 1 amide bonds. The summed E-state index contributed by atoms with van der Waals surface area (Å²) < 4.78 is -0.375. The molecule has 9 heteroatoms. The van der Waals surface area contributed by atoms with Gasteiger partial charge in [-0.15, -0.1) is 0 Å². The van der Waals surface area contributed by atoms with Crippen molar-refractivity contribution in [3.63, 3.8) is 0 Å². The quantitative estimate of drug-likeness (QED) is 0.651. The van der Waals surface area contributed by atoms with E-state index in [2.05, 4.69) is 4.98 Å². The van der Waals surface area contributed by atoms with E-state index in [4.69, 9.17) is 52.8 Å². The zero-order valence-electron chi connectivity index (χ0n) is 8.37. The Hall–Kier alpha value is -0.560. The molecule has 0 unspecified atom stereocenters. The van der Waals surface area contributed by atoms with Crippen molar-refractivity contribution in [3.8, 4) is 0 Å². The van der Waals surface area contributed by atoms with Crippen LogP contribution >= 0.6 is 47.0 Å². The monoisotopic (exact) mass is 315 g/mol. The largest absolute Gasteiger partial charge is 0.369 e. The van der Waals surface area contributed by atoms with Crippen LogP contribution in [0.5, 0.6) is 0 Å². The summed E-state index contributed by atoms with van der Waals surface area (Å²) in [7, 11) is 0. The molecule has 0 aliphatic heterocycles. The van der Waals surface area contributed by atoms with Gasteiger partial charge < -0.3 is 10.7 Å². The van der Waals surface area contributed by atoms with E-state index in [1.807, 2.05) is 0 Å². The lowest BCUT2D eigenvalue weighted by Gasteiger charge is -2.13. The maximum absolute atomic E-state index is 11.6. The number of hydrogen-bond acceptors (Lipinski definition) is 3. The van der Waals surface area contributed by atoms with Gasteiger partial charge in [-0.2, -0.15) is 0 Å². The molecule has 1 heterocycles. The average Bonchev–Trinajstić information content (AvgIpc) is 2.08. The number of aromatic nitrogens is 2. The summed E-state index contributed by atoms with van der Waals surface area (Å²) in [6.07, 6.45) is -0.104. The molecule has 17 heavy (non-hydrogen) atoms. The lowest BCUT2D eigenvalue weighted by atomic mass is 10.3. The number of primary amides is 1. The topological polar surface area (TPSA) is 80.9 Å². The van der Waals surface area contributed by atoms with Crippen LogP contribution in [0.15, 0.2) is 10.9 Å². The van der Waals surface area contributed by atoms with E-state index in [0.29, 0.717) is 5.69 Å². The standard InChI is InChI=1S/C8H8Cl3N3O2S/c9-8(10,11)3-14-6(17)2-4(1-5(12)15)13-7(14)16/h2H,1,3H2,(H2,12,15)(H,13,16). The van der Waals surface area contributed by atoms with Gasteiger partial charge in [-0.25, -0.2) is 4.79 Å². The normalized spacial score (nSPS) is 11.5. The van der Waals surface area contributed by atoms with Gasteiger partial charge in [0.25, 0.3) is 0 Å². The number of aromatic amines is 1. The Labute approximate surface area is 116 Å². The van der Waals surface area contributed by atoms with E-state index in [1.165, 1.54) is 6.07 Å². The van der Waals surface area contributed by atoms with Crippen LogP contribution in [0.1, 0.15) is 5.69 Å². The van der Waals surface area contributed by atoms with Gasteiger partial charge in [-0.1, -0.05) is 47.0 Å². The SMILES string of the molecule is NC(=O)Cc1cc(=S)n(CC(Cl)(Cl)Cl)c(=O)[nH]1. The van der Waals surface area contributed by atoms with Crippen molar-refractivity contribution in [2.24, 2.45) is 5.73 Å². The molecule has 0 saturated heterocycles. The molecule has 0 bridgehead atoms. The maximum atomic E-state index is 11.6. The number of nitrogens with zero attached hydrogens (tertiary/aromatic N) is 1. The Morgan fingerprint density at radius 2 is 2.12 bits per heavy atom. The summed E-state index contributed by atoms with van der Waals surface area (Å²) in [6, 6.07) is 1.43. The number of carbonyl (C=O) groups is 1. The summed E-state index contributed by atoms with van der Waals surface area (Å²) in [5.74, 6) is -0.575. The van der Waals surface area contributed by atoms with E-state index >= 15 is 0 Å². The van der Waals surface area contributed by atoms with Crippen molar-refractivity contribution in [3.05, 3.63) is 26.9 Å². The Balaban J connectivity index is 3.16. The highest BCUT2D eigenvalue weighted by atomic mass is 35.6. The molecule has 0 atom stereocenters. The summed E-state index contributed by atoms with van der Waals surface area (Å²) in [6.45, 7) is -0.178. The lowest BCUT2D eigenvalue weighted by molar-refractivity contribution is -0.117. The first-order valence-corrected chi connectivity index (χ1v) is 5.91. The smallest absolute Gasteiger partial charge is 0.326 e. The Bertz CT molecular complexity index is 515. The minimum Gasteiger partial charge on any atom is -0.369 e. The predicted octanol–water partition coefficient (Wildman–Crippen LogP) is 1.30. The van der Waals surface area contributed by atoms with Crippen molar-refractivity contribution in [1.82, 2.24) is 9.55 Å². The summed E-state index contributed by atoms with van der Waals surface area (Å²) in [5.41, 5.74) is 4.77. The molecule has 0 fully saturated rings. The van der Waals surface area contributed by atoms with Gasteiger partial charge in [0, 0.05) is 5.69 Å². The summed E-state index contributed by atoms with van der Waals surface area (Å²) in [5, 5.41) is 0. The lowest BCUT2D eigenvalue weighted by Crippen LogP contribution is -2.30. The molecule has 0 spiro atoms. The van der Waals surface area contributed by atoms with E-state index in [1.54, 1.807) is 0 Å². The Kier molecular flexibility index (Phi) is 4.60. The minimum atomic E-state index is -1.63. The first-order valence-electron chi connectivity index (χ1n) is 4.37. The number of rotatable bonds is 3. The van der Waals surface area contributed by atoms with Gasteiger partial charge in [0.05, 0.1) is 13.0 Å². The van der Waals surface area contributed by atoms with Gasteiger partial charge in [0.1, 0.15) is 4.64 Å². The highest BCUT2D eigenvalue weighted by Crippen LogP contribution is 2.27. The number of H-pyrrole nitrogens is 1. The van der Waals surface area contributed by atoms with Crippen LogP contribution in [-0.4, -0.2) is 19.3 Å². The van der Waals surface area contributed by atoms with E-state index < -0.39 is 15.4 Å². The minimum absolute atomic E-state index is 0.104. The van der Waals surface area contributed by atoms with Gasteiger partial charge in [-0.05, 0) is 6.07 Å². The fraction of sp³-hybridized carbons (Fsp3) is 0.375. The zero-order valence-corrected chi connectivity index (χ0v) is 11.5. The third kappa shape index (κ3) is 4.67. The van der Waals surface area contributed by atoms with E-state index in [9.17, 15) is 9.59 Å². The van der Waals surface area contributed by atoms with E-state index in [-0.39, 0.29) is 17.6 Å². The molecule has 5 nitrogen and oxygen atoms in total. The van der Waals surface area contributed by atoms with Crippen LogP contribution in [0.4, 0.5) is 0 Å². The number of hydrogen-bond donors (Lipinski definition) is 2. The maximum Gasteiger partial charge on any atom is 0.326 e. The molecule has 0 aliphatic carbocycles. The number of nitrogens with one attached hydrogen (secondary N) is 1. The molecule has 0 aliphatic rings. The molecular formula is C8H8Cl3N3O2S. The van der Waals surface area contributed by atoms with Crippen LogP contribution in [0.2, 0.25) is 0 Å². The second-order valence-electron chi connectivity index (χ2n) is 3.28. The van der Waals surface area contributed by atoms with Crippen molar-refractivity contribution in [1.29, 1.82) is 0 Å². The molecule has 94 valence electrons. The molecule has 1 rings (SSSR count). The molecule has 1 aromatic heterocycles. The number of carbonyl (C=O) groups excluding carboxylic acids is 1. The van der Waals surface area contributed by atoms with Crippen LogP contribution in [0.25, 0.3) is 0 Å². The summed E-state index contributed by atoms with van der Waals surface area (Å²) in [4.78, 5) is 24.8. The first-order chi connectivity index (χ1) is 7.69. The third-order valence-corrected chi connectivity index (χ3v) is 2.48. The highest BCUT2D eigenvalue weighted by molar-refractivity contribution is 7.71. The number of nitrogens with two attached hydrogens (primary N) is 1. The molecule has 0 aromatic carbocycles. The molecular weight excluding hydrogens is 309 g/mol. The predicted molar refractivity (Wildman–Crippen MR) is 69.1 cm³/mol. The molecule has 3 N–H and O–H groups in total. The van der Waals surface area contributed by atoms with Crippen molar-refractivity contribution in [2.75, 3.05) is 0 Å². The molecule has 0 radical (unpaired) electrons. The highest BCUT2D eigenvalue weighted by Gasteiger charge is 2.21. The number of alkyl halides is 3. The number of halogens is 3. The van der Waals surface area contributed by atoms with E-state index in [0.717, 1.165) is 4.57 Å². The Morgan fingerprint density at radius 1 is 1.53 bits per heavy atom. The molecule has 0 saturated carbocycles. The van der Waals surface area contributed by atoms with Crippen molar-refractivity contribution >= 4 is 52.9 Å². The number of amides is 1. The van der Waals surface area contributed by atoms with Gasteiger partial charge in [0.15, 0.2) is 0 Å². The van der Waals surface area contributed by atoms with Gasteiger partial charge in [0.2, 0.25) is 9.70 Å².